The first-order chi connectivity index (χ1) is 9.58. The lowest BCUT2D eigenvalue weighted by Gasteiger charge is -2.31. The van der Waals surface area contributed by atoms with Crippen molar-refractivity contribution in [2.45, 2.75) is 50.8 Å². The summed E-state index contributed by atoms with van der Waals surface area (Å²) < 4.78 is 24.7. The smallest absolute Gasteiger partial charge is 0.155 e. The van der Waals surface area contributed by atoms with E-state index in [2.05, 4.69) is 36.5 Å². The second-order valence-electron chi connectivity index (χ2n) is 5.53. The van der Waals surface area contributed by atoms with Gasteiger partial charge in [-0.15, -0.1) is 0 Å². The van der Waals surface area contributed by atoms with Crippen molar-refractivity contribution in [1.82, 2.24) is 5.32 Å². The molecule has 1 N–H and O–H groups in total. The molecule has 0 saturated carbocycles. The summed E-state index contributed by atoms with van der Waals surface area (Å²) >= 11 is 0. The molecular formula is C16H25NO2S. The van der Waals surface area contributed by atoms with E-state index in [1.165, 1.54) is 5.56 Å². The van der Waals surface area contributed by atoms with Crippen LogP contribution in [0.15, 0.2) is 24.3 Å². The summed E-state index contributed by atoms with van der Waals surface area (Å²) in [7, 11) is -2.97. The number of aryl methyl sites for hydroxylation is 1. The fraction of sp³-hybridized carbons (Fsp3) is 0.625. The number of nitrogens with one attached hydrogen (secondary N) is 1. The number of hydrogen-bond acceptors (Lipinski definition) is 3. The maximum absolute atomic E-state index is 12.4. The Morgan fingerprint density at radius 3 is 2.45 bits per heavy atom. The van der Waals surface area contributed by atoms with Crippen LogP contribution in [0.3, 0.4) is 0 Å². The van der Waals surface area contributed by atoms with E-state index < -0.39 is 9.84 Å². The molecule has 2 atom stereocenters. The quantitative estimate of drug-likeness (QED) is 0.908. The van der Waals surface area contributed by atoms with Crippen molar-refractivity contribution in [3.05, 3.63) is 35.4 Å². The largest absolute Gasteiger partial charge is 0.309 e. The Morgan fingerprint density at radius 1 is 1.20 bits per heavy atom. The van der Waals surface area contributed by atoms with Crippen molar-refractivity contribution < 1.29 is 8.42 Å². The van der Waals surface area contributed by atoms with Crippen LogP contribution in [0.5, 0.6) is 0 Å². The topological polar surface area (TPSA) is 46.2 Å². The average Bonchev–Trinajstić information content (AvgIpc) is 2.45. The molecule has 0 amide bonds. The minimum absolute atomic E-state index is 0.0730. The molecule has 1 fully saturated rings. The molecular weight excluding hydrogens is 270 g/mol. The fourth-order valence-corrected chi connectivity index (χ4v) is 5.10. The van der Waals surface area contributed by atoms with E-state index >= 15 is 0 Å². The van der Waals surface area contributed by atoms with Gasteiger partial charge in [0.1, 0.15) is 0 Å². The van der Waals surface area contributed by atoms with Gasteiger partial charge >= 0.3 is 0 Å². The Labute approximate surface area is 122 Å². The highest BCUT2D eigenvalue weighted by Crippen LogP contribution is 2.31. The lowest BCUT2D eigenvalue weighted by Crippen LogP contribution is -2.40. The Bertz CT molecular complexity index is 522. The van der Waals surface area contributed by atoms with Crippen LogP contribution in [0.2, 0.25) is 0 Å². The second-order valence-corrected chi connectivity index (χ2v) is 7.87. The predicted molar refractivity (Wildman–Crippen MR) is 83.7 cm³/mol. The van der Waals surface area contributed by atoms with E-state index in [9.17, 15) is 8.42 Å². The van der Waals surface area contributed by atoms with Crippen LogP contribution in [0.1, 0.15) is 50.3 Å². The Balaban J connectivity index is 2.29. The number of benzene rings is 1. The van der Waals surface area contributed by atoms with Gasteiger partial charge in [-0.25, -0.2) is 8.42 Å². The molecule has 0 aromatic heterocycles. The summed E-state index contributed by atoms with van der Waals surface area (Å²) in [6.45, 7) is 4.94. The summed E-state index contributed by atoms with van der Waals surface area (Å²) in [6, 6.07) is 8.30. The minimum atomic E-state index is -2.97. The second kappa shape index (κ2) is 6.72. The van der Waals surface area contributed by atoms with Crippen molar-refractivity contribution in [1.29, 1.82) is 0 Å². The van der Waals surface area contributed by atoms with Crippen LogP contribution in [0.25, 0.3) is 0 Å². The van der Waals surface area contributed by atoms with Gasteiger partial charge in [0.25, 0.3) is 0 Å². The average molecular weight is 295 g/mol. The summed E-state index contributed by atoms with van der Waals surface area (Å²) in [5, 5.41) is 3.11. The molecule has 3 nitrogen and oxygen atoms in total. The van der Waals surface area contributed by atoms with Gasteiger partial charge in [0, 0.05) is 6.04 Å². The molecule has 2 unspecified atom stereocenters. The number of hydrogen-bond donors (Lipinski definition) is 1. The van der Waals surface area contributed by atoms with Gasteiger partial charge in [-0.2, -0.15) is 0 Å². The third kappa shape index (κ3) is 3.41. The molecule has 112 valence electrons. The lowest BCUT2D eigenvalue weighted by atomic mass is 9.98. The SMILES string of the molecule is CCNC(c1ccc(CC)cc1)C1CCCCS1(=O)=O. The van der Waals surface area contributed by atoms with Crippen LogP contribution < -0.4 is 5.32 Å². The van der Waals surface area contributed by atoms with Crippen molar-refractivity contribution in [2.24, 2.45) is 0 Å². The van der Waals surface area contributed by atoms with Gasteiger partial charge in [0.15, 0.2) is 9.84 Å². The molecule has 1 saturated heterocycles. The van der Waals surface area contributed by atoms with E-state index in [0.29, 0.717) is 5.75 Å². The third-order valence-electron chi connectivity index (χ3n) is 4.17. The Morgan fingerprint density at radius 2 is 1.90 bits per heavy atom. The minimum Gasteiger partial charge on any atom is -0.309 e. The molecule has 1 aliphatic rings. The zero-order chi connectivity index (χ0) is 14.6. The van der Waals surface area contributed by atoms with Gasteiger partial charge in [0.2, 0.25) is 0 Å². The van der Waals surface area contributed by atoms with E-state index in [-0.39, 0.29) is 11.3 Å². The summed E-state index contributed by atoms with van der Waals surface area (Å²) in [4.78, 5) is 0. The van der Waals surface area contributed by atoms with E-state index in [1.807, 2.05) is 6.92 Å². The molecule has 0 radical (unpaired) electrons. The fourth-order valence-electron chi connectivity index (χ4n) is 3.00. The Kier molecular flexibility index (Phi) is 5.22. The summed E-state index contributed by atoms with van der Waals surface area (Å²) in [5.74, 6) is 0.340. The van der Waals surface area contributed by atoms with Gasteiger partial charge in [-0.05, 0) is 36.9 Å². The van der Waals surface area contributed by atoms with Crippen LogP contribution in [0.4, 0.5) is 0 Å². The van der Waals surface area contributed by atoms with Crippen molar-refractivity contribution >= 4 is 9.84 Å². The van der Waals surface area contributed by atoms with Crippen LogP contribution in [0, 0.1) is 0 Å². The van der Waals surface area contributed by atoms with E-state index in [4.69, 9.17) is 0 Å². The first-order valence-corrected chi connectivity index (χ1v) is 9.33. The van der Waals surface area contributed by atoms with Gasteiger partial charge in [-0.1, -0.05) is 44.5 Å². The van der Waals surface area contributed by atoms with E-state index in [1.54, 1.807) is 0 Å². The van der Waals surface area contributed by atoms with Crippen LogP contribution in [-0.4, -0.2) is 26.0 Å². The molecule has 1 aliphatic heterocycles. The normalized spacial score (nSPS) is 23.4. The lowest BCUT2D eigenvalue weighted by molar-refractivity contribution is 0.454. The van der Waals surface area contributed by atoms with Gasteiger partial charge in [-0.3, -0.25) is 0 Å². The van der Waals surface area contributed by atoms with Gasteiger partial charge < -0.3 is 5.32 Å². The standard InChI is InChI=1S/C16H25NO2S/c1-3-13-8-10-14(11-9-13)16(17-4-2)15-7-5-6-12-20(15,18)19/h8-11,15-17H,3-7,12H2,1-2H3. The maximum Gasteiger partial charge on any atom is 0.155 e. The molecule has 20 heavy (non-hydrogen) atoms. The molecule has 1 aromatic rings. The molecule has 1 heterocycles. The van der Waals surface area contributed by atoms with E-state index in [0.717, 1.165) is 37.8 Å². The molecule has 0 bridgehead atoms. The first kappa shape index (κ1) is 15.5. The summed E-state index contributed by atoms with van der Waals surface area (Å²) in [5.41, 5.74) is 2.38. The highest BCUT2D eigenvalue weighted by molar-refractivity contribution is 7.92. The number of sulfone groups is 1. The number of rotatable bonds is 5. The molecule has 4 heteroatoms. The highest BCUT2D eigenvalue weighted by atomic mass is 32.2. The highest BCUT2D eigenvalue weighted by Gasteiger charge is 2.35. The zero-order valence-corrected chi connectivity index (χ0v) is 13.2. The maximum atomic E-state index is 12.4. The van der Waals surface area contributed by atoms with Gasteiger partial charge in [0.05, 0.1) is 11.0 Å². The van der Waals surface area contributed by atoms with Crippen molar-refractivity contribution in [3.63, 3.8) is 0 Å². The molecule has 2 rings (SSSR count). The molecule has 0 spiro atoms. The predicted octanol–water partition coefficient (Wildman–Crippen LogP) is 2.87. The molecule has 1 aromatic carbocycles. The van der Waals surface area contributed by atoms with Crippen LogP contribution >= 0.6 is 0 Å². The summed E-state index contributed by atoms with van der Waals surface area (Å²) in [6.07, 6.45) is 3.61. The monoisotopic (exact) mass is 295 g/mol. The van der Waals surface area contributed by atoms with Crippen molar-refractivity contribution in [2.75, 3.05) is 12.3 Å². The zero-order valence-electron chi connectivity index (χ0n) is 12.4. The third-order valence-corrected chi connectivity index (χ3v) is 6.46. The van der Waals surface area contributed by atoms with Crippen LogP contribution in [-0.2, 0) is 16.3 Å². The molecule has 0 aliphatic carbocycles. The first-order valence-electron chi connectivity index (χ1n) is 7.62. The van der Waals surface area contributed by atoms with Crippen molar-refractivity contribution in [3.8, 4) is 0 Å². The Hall–Kier alpha value is -0.870.